The average molecular weight is 448 g/mol. The maximum Gasteiger partial charge on any atom is 0.267 e. The molecule has 4 rings (SSSR count). The van der Waals surface area contributed by atoms with Crippen LogP contribution in [0.15, 0.2) is 101 Å². The second kappa shape index (κ2) is 8.68. The number of ether oxygens (including phenoxy) is 1. The van der Waals surface area contributed by atoms with Crippen molar-refractivity contribution in [3.63, 3.8) is 0 Å². The number of amides is 1. The zero-order chi connectivity index (χ0) is 22.7. The van der Waals surface area contributed by atoms with Crippen LogP contribution < -0.4 is 10.1 Å². The van der Waals surface area contributed by atoms with Gasteiger partial charge in [-0.15, -0.1) is 0 Å². The zero-order valence-corrected chi connectivity index (χ0v) is 18.2. The number of nitrogens with one attached hydrogen (secondary N) is 1. The third-order valence-electron chi connectivity index (χ3n) is 4.96. The minimum atomic E-state index is -3.96. The Morgan fingerprint density at radius 3 is 2.41 bits per heavy atom. The van der Waals surface area contributed by atoms with Crippen LogP contribution in [-0.2, 0) is 21.4 Å². The van der Waals surface area contributed by atoms with E-state index in [0.717, 1.165) is 9.87 Å². The van der Waals surface area contributed by atoms with Crippen molar-refractivity contribution in [3.05, 3.63) is 96.6 Å². The summed E-state index contributed by atoms with van der Waals surface area (Å²) in [7, 11) is -2.46. The second-order valence-corrected chi connectivity index (χ2v) is 8.86. The number of nitrogens with zero attached hydrogens (tertiary/aromatic N) is 2. The lowest BCUT2D eigenvalue weighted by Gasteiger charge is -2.30. The first-order valence-electron chi connectivity index (χ1n) is 9.80. The molecule has 0 bridgehead atoms. The number of aliphatic imine (C=N–C) groups is 1. The molecule has 0 saturated carbocycles. The Balaban J connectivity index is 1.74. The van der Waals surface area contributed by atoms with Crippen molar-refractivity contribution < 1.29 is 17.9 Å². The van der Waals surface area contributed by atoms with Gasteiger partial charge in [-0.2, -0.15) is 0 Å². The second-order valence-electron chi connectivity index (χ2n) is 7.03. The quantitative estimate of drug-likeness (QED) is 0.576. The van der Waals surface area contributed by atoms with Crippen LogP contribution in [0.1, 0.15) is 5.56 Å². The van der Waals surface area contributed by atoms with Gasteiger partial charge in [0.15, 0.2) is 5.84 Å². The Bertz CT molecular complexity index is 1320. The molecule has 8 heteroatoms. The molecular formula is C24H21N3O4S. The van der Waals surface area contributed by atoms with Gasteiger partial charge < -0.3 is 10.1 Å². The molecule has 7 nitrogen and oxygen atoms in total. The highest BCUT2D eigenvalue weighted by Crippen LogP contribution is 2.35. The minimum absolute atomic E-state index is 0.0112. The van der Waals surface area contributed by atoms with Crippen molar-refractivity contribution in [2.24, 2.45) is 4.99 Å². The van der Waals surface area contributed by atoms with Crippen molar-refractivity contribution in [3.8, 4) is 5.75 Å². The average Bonchev–Trinajstić information content (AvgIpc) is 2.81. The molecule has 1 amide bonds. The van der Waals surface area contributed by atoms with Gasteiger partial charge in [-0.3, -0.25) is 4.79 Å². The molecule has 0 spiro atoms. The van der Waals surface area contributed by atoms with E-state index in [-0.39, 0.29) is 28.5 Å². The highest BCUT2D eigenvalue weighted by molar-refractivity contribution is 7.90. The fourth-order valence-electron chi connectivity index (χ4n) is 3.34. The number of anilines is 1. The topological polar surface area (TPSA) is 88.1 Å². The van der Waals surface area contributed by atoms with Gasteiger partial charge >= 0.3 is 0 Å². The third-order valence-corrected chi connectivity index (χ3v) is 6.75. The smallest absolute Gasteiger partial charge is 0.267 e. The number of carbonyl (C=O) groups is 1. The van der Waals surface area contributed by atoms with Gasteiger partial charge in [-0.1, -0.05) is 61.2 Å². The highest BCUT2D eigenvalue weighted by atomic mass is 32.2. The molecular weight excluding hydrogens is 426 g/mol. The molecule has 0 aliphatic carbocycles. The summed E-state index contributed by atoms with van der Waals surface area (Å²) in [6.45, 7) is 3.88. The molecule has 3 aromatic carbocycles. The van der Waals surface area contributed by atoms with E-state index in [1.807, 2.05) is 30.3 Å². The monoisotopic (exact) mass is 447 g/mol. The zero-order valence-electron chi connectivity index (χ0n) is 17.4. The summed E-state index contributed by atoms with van der Waals surface area (Å²) >= 11 is 0. The summed E-state index contributed by atoms with van der Waals surface area (Å²) in [4.78, 5) is 17.6. The van der Waals surface area contributed by atoms with E-state index < -0.39 is 15.9 Å². The summed E-state index contributed by atoms with van der Waals surface area (Å²) in [5.41, 5.74) is 1.37. The molecule has 0 fully saturated rings. The van der Waals surface area contributed by atoms with E-state index in [1.54, 1.807) is 42.5 Å². The highest BCUT2D eigenvalue weighted by Gasteiger charge is 2.36. The standard InChI is InChI=1S/C24H21N3O4S/c1-17(24(28)26-19-12-6-8-14-21(19)31-2)23-25-20-13-7-9-15-22(20)32(29,30)27(23)16-18-10-4-3-5-11-18/h3-15H,1,16H2,2H3,(H,26,28). The summed E-state index contributed by atoms with van der Waals surface area (Å²) < 4.78 is 33.3. The summed E-state index contributed by atoms with van der Waals surface area (Å²) in [5.74, 6) is -0.140. The van der Waals surface area contributed by atoms with Crippen LogP contribution in [0.2, 0.25) is 0 Å². The van der Waals surface area contributed by atoms with Crippen molar-refractivity contribution in [1.29, 1.82) is 0 Å². The fourth-order valence-corrected chi connectivity index (χ4v) is 4.91. The number of sulfonamides is 1. The van der Waals surface area contributed by atoms with Crippen LogP contribution >= 0.6 is 0 Å². The maximum absolute atomic E-state index is 13.5. The SMILES string of the molecule is C=C(C(=O)Nc1ccccc1OC)C1=Nc2ccccc2S(=O)(=O)N1Cc1ccccc1. The Kier molecular flexibility index (Phi) is 5.79. The number of fused-ring (bicyclic) bond motifs is 1. The predicted molar refractivity (Wildman–Crippen MR) is 123 cm³/mol. The van der Waals surface area contributed by atoms with E-state index in [4.69, 9.17) is 4.74 Å². The van der Waals surface area contributed by atoms with Crippen LogP contribution in [0.25, 0.3) is 0 Å². The Morgan fingerprint density at radius 1 is 1.00 bits per heavy atom. The molecule has 3 aromatic rings. The van der Waals surface area contributed by atoms with Crippen LogP contribution in [0.3, 0.4) is 0 Å². The van der Waals surface area contributed by atoms with Crippen LogP contribution in [0.4, 0.5) is 11.4 Å². The Morgan fingerprint density at radius 2 is 1.66 bits per heavy atom. The van der Waals surface area contributed by atoms with Crippen LogP contribution in [0.5, 0.6) is 5.75 Å². The van der Waals surface area contributed by atoms with Gasteiger partial charge in [0.05, 0.1) is 30.6 Å². The van der Waals surface area contributed by atoms with E-state index in [9.17, 15) is 13.2 Å². The first-order valence-corrected chi connectivity index (χ1v) is 11.2. The molecule has 0 saturated heterocycles. The largest absolute Gasteiger partial charge is 0.495 e. The number of carbonyl (C=O) groups excluding carboxylic acids is 1. The van der Waals surface area contributed by atoms with E-state index >= 15 is 0 Å². The molecule has 0 radical (unpaired) electrons. The normalized spacial score (nSPS) is 14.2. The molecule has 0 aromatic heterocycles. The van der Waals surface area contributed by atoms with Gasteiger partial charge in [0, 0.05) is 0 Å². The number of para-hydroxylation sites is 3. The Labute approximate surface area is 186 Å². The lowest BCUT2D eigenvalue weighted by Crippen LogP contribution is -2.41. The molecule has 1 N–H and O–H groups in total. The van der Waals surface area contributed by atoms with E-state index in [1.165, 1.54) is 13.2 Å². The predicted octanol–water partition coefficient (Wildman–Crippen LogP) is 4.12. The van der Waals surface area contributed by atoms with Crippen molar-refractivity contribution >= 4 is 33.1 Å². The molecule has 1 heterocycles. The minimum Gasteiger partial charge on any atom is -0.495 e. The fraction of sp³-hybridized carbons (Fsp3) is 0.0833. The van der Waals surface area contributed by atoms with Crippen molar-refractivity contribution in [2.75, 3.05) is 12.4 Å². The number of amidine groups is 1. The van der Waals surface area contributed by atoms with E-state index in [0.29, 0.717) is 11.4 Å². The third kappa shape index (κ3) is 4.00. The number of hydrogen-bond donors (Lipinski definition) is 1. The molecule has 1 aliphatic rings. The van der Waals surface area contributed by atoms with Crippen LogP contribution in [-0.4, -0.2) is 31.6 Å². The summed E-state index contributed by atoms with van der Waals surface area (Å²) in [6, 6.07) is 22.5. The number of rotatable bonds is 6. The lowest BCUT2D eigenvalue weighted by molar-refractivity contribution is -0.112. The number of hydrogen-bond acceptors (Lipinski definition) is 5. The van der Waals surface area contributed by atoms with Gasteiger partial charge in [-0.25, -0.2) is 17.7 Å². The van der Waals surface area contributed by atoms with Gasteiger partial charge in [0.1, 0.15) is 10.6 Å². The van der Waals surface area contributed by atoms with Gasteiger partial charge in [0.25, 0.3) is 15.9 Å². The first kappa shape index (κ1) is 21.3. The summed E-state index contributed by atoms with van der Waals surface area (Å²) in [5, 5.41) is 2.73. The number of methoxy groups -OCH3 is 1. The maximum atomic E-state index is 13.5. The van der Waals surface area contributed by atoms with Gasteiger partial charge in [-0.05, 0) is 29.8 Å². The van der Waals surface area contributed by atoms with Crippen molar-refractivity contribution in [2.45, 2.75) is 11.4 Å². The first-order chi connectivity index (χ1) is 15.4. The Hall–Kier alpha value is -3.91. The van der Waals surface area contributed by atoms with E-state index in [2.05, 4.69) is 16.9 Å². The van der Waals surface area contributed by atoms with Crippen LogP contribution in [0, 0.1) is 0 Å². The number of benzene rings is 3. The van der Waals surface area contributed by atoms with Gasteiger partial charge in [0.2, 0.25) is 0 Å². The molecule has 0 atom stereocenters. The molecule has 162 valence electrons. The summed E-state index contributed by atoms with van der Waals surface area (Å²) in [6.07, 6.45) is 0. The lowest BCUT2D eigenvalue weighted by atomic mass is 10.2. The van der Waals surface area contributed by atoms with Crippen molar-refractivity contribution in [1.82, 2.24) is 4.31 Å². The molecule has 32 heavy (non-hydrogen) atoms. The molecule has 0 unspecified atom stereocenters. The molecule has 1 aliphatic heterocycles.